The Morgan fingerprint density at radius 1 is 1.06 bits per heavy atom. The van der Waals surface area contributed by atoms with Gasteiger partial charge in [0.2, 0.25) is 10.0 Å². The molecule has 0 aromatic heterocycles. The van der Waals surface area contributed by atoms with Crippen molar-refractivity contribution >= 4 is 21.4 Å². The summed E-state index contributed by atoms with van der Waals surface area (Å²) in [5.41, 5.74) is 0.323. The summed E-state index contributed by atoms with van der Waals surface area (Å²) in [6.45, 7) is 6.03. The predicted octanol–water partition coefficient (Wildman–Crippen LogP) is 3.23. The molecule has 2 aromatic carbocycles. The van der Waals surface area contributed by atoms with Gasteiger partial charge in [-0.3, -0.25) is 15.0 Å². The Balaban J connectivity index is 1.77. The molecule has 1 aliphatic heterocycles. The molecule has 1 aliphatic rings. The van der Waals surface area contributed by atoms with E-state index in [1.807, 2.05) is 9.80 Å². The Morgan fingerprint density at radius 2 is 1.72 bits per heavy atom. The van der Waals surface area contributed by atoms with E-state index in [-0.39, 0.29) is 35.8 Å². The second-order valence-electron chi connectivity index (χ2n) is 7.47. The van der Waals surface area contributed by atoms with Gasteiger partial charge in [-0.25, -0.2) is 17.2 Å². The first-order chi connectivity index (χ1) is 15.2. The second kappa shape index (κ2) is 9.88. The maximum atomic E-state index is 13.9. The molecular formula is C21H26F2N4O4S. The van der Waals surface area contributed by atoms with Crippen LogP contribution in [0.3, 0.4) is 0 Å². The van der Waals surface area contributed by atoms with E-state index < -0.39 is 26.6 Å². The molecule has 32 heavy (non-hydrogen) atoms. The third-order valence-electron chi connectivity index (χ3n) is 5.63. The van der Waals surface area contributed by atoms with Crippen molar-refractivity contribution in [1.82, 2.24) is 9.21 Å². The Morgan fingerprint density at radius 3 is 2.31 bits per heavy atom. The Bertz CT molecular complexity index is 1090. The number of anilines is 1. The minimum absolute atomic E-state index is 0.114. The molecule has 11 heteroatoms. The molecule has 2 aromatic rings. The van der Waals surface area contributed by atoms with Crippen LogP contribution < -0.4 is 4.90 Å². The largest absolute Gasteiger partial charge is 0.363 e. The van der Waals surface area contributed by atoms with Crippen molar-refractivity contribution < 1.29 is 22.1 Å². The van der Waals surface area contributed by atoms with Crippen LogP contribution in [0.4, 0.5) is 20.2 Å². The number of hydrogen-bond acceptors (Lipinski definition) is 6. The lowest BCUT2D eigenvalue weighted by molar-refractivity contribution is -0.384. The number of piperazine rings is 1. The molecule has 1 saturated heterocycles. The summed E-state index contributed by atoms with van der Waals surface area (Å²) in [6, 6.07) is 8.03. The summed E-state index contributed by atoms with van der Waals surface area (Å²) in [6.07, 6.45) is 0. The number of halogens is 2. The molecule has 0 aliphatic carbocycles. The minimum Gasteiger partial charge on any atom is -0.363 e. The van der Waals surface area contributed by atoms with Crippen molar-refractivity contribution in [1.29, 1.82) is 0 Å². The number of hydrogen-bond donors (Lipinski definition) is 0. The summed E-state index contributed by atoms with van der Waals surface area (Å²) < 4.78 is 54.1. The predicted molar refractivity (Wildman–Crippen MR) is 117 cm³/mol. The molecule has 8 nitrogen and oxygen atoms in total. The first-order valence-corrected chi connectivity index (χ1v) is 11.8. The number of sulfonamides is 1. The third kappa shape index (κ3) is 4.89. The Kier molecular flexibility index (Phi) is 7.42. The number of benzene rings is 2. The average Bonchev–Trinajstić information content (AvgIpc) is 2.77. The first kappa shape index (κ1) is 24.0. The van der Waals surface area contributed by atoms with Gasteiger partial charge in [0, 0.05) is 57.4 Å². The minimum atomic E-state index is -3.82. The van der Waals surface area contributed by atoms with Gasteiger partial charge in [0.05, 0.1) is 9.82 Å². The number of nitrogens with zero attached hydrogens (tertiary/aromatic N) is 4. The van der Waals surface area contributed by atoms with Crippen molar-refractivity contribution in [3.05, 3.63) is 63.7 Å². The molecule has 3 rings (SSSR count). The van der Waals surface area contributed by atoms with Crippen molar-refractivity contribution in [3.8, 4) is 0 Å². The molecule has 0 unspecified atom stereocenters. The van der Waals surface area contributed by atoms with E-state index >= 15 is 0 Å². The molecule has 0 spiro atoms. The molecule has 0 amide bonds. The maximum absolute atomic E-state index is 13.9. The lowest BCUT2D eigenvalue weighted by atomic mass is 10.1. The second-order valence-corrected chi connectivity index (χ2v) is 9.41. The molecule has 174 valence electrons. The van der Waals surface area contributed by atoms with Gasteiger partial charge >= 0.3 is 0 Å². The first-order valence-electron chi connectivity index (χ1n) is 10.4. The van der Waals surface area contributed by atoms with E-state index in [2.05, 4.69) is 0 Å². The fourth-order valence-corrected chi connectivity index (χ4v) is 5.33. The molecule has 0 N–H and O–H groups in total. The molecular weight excluding hydrogens is 442 g/mol. The summed E-state index contributed by atoms with van der Waals surface area (Å²) in [4.78, 5) is 14.8. The van der Waals surface area contributed by atoms with Gasteiger partial charge in [0.15, 0.2) is 11.6 Å². The molecule has 0 radical (unpaired) electrons. The standard InChI is InChI=1S/C21H26F2N4O4S/c1-3-26(4-2)32(30,31)17-8-9-19(20(14-17)27(28)29)25-12-10-24(11-13-25)15-16-6-5-7-18(22)21(16)23/h5-9,14H,3-4,10-13,15H2,1-2H3. The van der Waals surface area contributed by atoms with Crippen LogP contribution in [-0.4, -0.2) is 61.8 Å². The fourth-order valence-electron chi connectivity index (χ4n) is 3.85. The topological polar surface area (TPSA) is 87.0 Å². The molecule has 1 heterocycles. The van der Waals surface area contributed by atoms with Crippen LogP contribution in [0.25, 0.3) is 0 Å². The lowest BCUT2D eigenvalue weighted by Gasteiger charge is -2.36. The highest BCUT2D eigenvalue weighted by molar-refractivity contribution is 7.89. The van der Waals surface area contributed by atoms with Gasteiger partial charge in [-0.15, -0.1) is 0 Å². The average molecular weight is 469 g/mol. The van der Waals surface area contributed by atoms with Crippen molar-refractivity contribution in [2.24, 2.45) is 0 Å². The number of nitro benzene ring substituents is 1. The van der Waals surface area contributed by atoms with E-state index in [1.165, 1.54) is 28.6 Å². The highest BCUT2D eigenvalue weighted by atomic mass is 32.2. The molecule has 0 saturated carbocycles. The lowest BCUT2D eigenvalue weighted by Crippen LogP contribution is -2.46. The van der Waals surface area contributed by atoms with Crippen LogP contribution in [0.1, 0.15) is 19.4 Å². The maximum Gasteiger partial charge on any atom is 0.293 e. The zero-order chi connectivity index (χ0) is 23.5. The van der Waals surface area contributed by atoms with Crippen molar-refractivity contribution in [2.75, 3.05) is 44.2 Å². The van der Waals surface area contributed by atoms with Gasteiger partial charge in [0.1, 0.15) is 5.69 Å². The summed E-state index contributed by atoms with van der Waals surface area (Å²) >= 11 is 0. The SMILES string of the molecule is CCN(CC)S(=O)(=O)c1ccc(N2CCN(Cc3cccc(F)c3F)CC2)c([N+](=O)[O-])c1. The fraction of sp³-hybridized carbons (Fsp3) is 0.429. The zero-order valence-corrected chi connectivity index (χ0v) is 18.8. The van der Waals surface area contributed by atoms with E-state index in [4.69, 9.17) is 0 Å². The van der Waals surface area contributed by atoms with Crippen molar-refractivity contribution in [2.45, 2.75) is 25.3 Å². The Labute approximate surface area is 186 Å². The van der Waals surface area contributed by atoms with Crippen molar-refractivity contribution in [3.63, 3.8) is 0 Å². The van der Waals surface area contributed by atoms with Crippen LogP contribution >= 0.6 is 0 Å². The van der Waals surface area contributed by atoms with Crippen LogP contribution in [0.5, 0.6) is 0 Å². The van der Waals surface area contributed by atoms with E-state index in [9.17, 15) is 27.3 Å². The van der Waals surface area contributed by atoms with Gasteiger partial charge < -0.3 is 4.90 Å². The smallest absolute Gasteiger partial charge is 0.293 e. The van der Waals surface area contributed by atoms with Crippen LogP contribution in [0, 0.1) is 21.7 Å². The molecule has 1 fully saturated rings. The summed E-state index contributed by atoms with van der Waals surface area (Å²) in [5, 5.41) is 11.7. The van der Waals surface area contributed by atoms with Gasteiger partial charge in [-0.05, 0) is 18.2 Å². The summed E-state index contributed by atoms with van der Waals surface area (Å²) in [5.74, 6) is -1.76. The Hall–Kier alpha value is -2.63. The van der Waals surface area contributed by atoms with Crippen LogP contribution in [0.15, 0.2) is 41.3 Å². The monoisotopic (exact) mass is 468 g/mol. The highest BCUT2D eigenvalue weighted by Crippen LogP contribution is 2.32. The van der Waals surface area contributed by atoms with Gasteiger partial charge in [-0.1, -0.05) is 26.0 Å². The third-order valence-corrected chi connectivity index (χ3v) is 7.67. The quantitative estimate of drug-likeness (QED) is 0.437. The zero-order valence-electron chi connectivity index (χ0n) is 18.0. The number of rotatable bonds is 8. The van der Waals surface area contributed by atoms with Crippen LogP contribution in [0.2, 0.25) is 0 Å². The van der Waals surface area contributed by atoms with E-state index in [0.29, 0.717) is 31.9 Å². The molecule has 0 bridgehead atoms. The molecule has 0 atom stereocenters. The van der Waals surface area contributed by atoms with Gasteiger partial charge in [0.25, 0.3) is 5.69 Å². The summed E-state index contributed by atoms with van der Waals surface area (Å²) in [7, 11) is -3.82. The normalized spacial score (nSPS) is 15.3. The highest BCUT2D eigenvalue weighted by Gasteiger charge is 2.29. The van der Waals surface area contributed by atoms with E-state index in [1.54, 1.807) is 13.8 Å². The van der Waals surface area contributed by atoms with Gasteiger partial charge in [-0.2, -0.15) is 4.31 Å². The van der Waals surface area contributed by atoms with Crippen LogP contribution in [-0.2, 0) is 16.6 Å². The van der Waals surface area contributed by atoms with E-state index in [0.717, 1.165) is 12.1 Å². The number of nitro groups is 1.